The molecule has 0 radical (unpaired) electrons. The van der Waals surface area contributed by atoms with Gasteiger partial charge in [0.25, 0.3) is 0 Å². The Morgan fingerprint density at radius 1 is 1.10 bits per heavy atom. The van der Waals surface area contributed by atoms with E-state index in [0.717, 1.165) is 5.56 Å². The standard InChI is InChI=1S/C15H17NO3S/c1-11-3-8-15(19-2)12(9-11)10-20(17,18)14-6-4-13(16)5-7-14/h3-9H,10,16H2,1-2H3. The maximum Gasteiger partial charge on any atom is 0.182 e. The van der Waals surface area contributed by atoms with Crippen LogP contribution >= 0.6 is 0 Å². The smallest absolute Gasteiger partial charge is 0.182 e. The molecular formula is C15H17NO3S. The average molecular weight is 291 g/mol. The van der Waals surface area contributed by atoms with Crippen molar-refractivity contribution in [3.05, 3.63) is 53.6 Å². The maximum atomic E-state index is 12.4. The normalized spacial score (nSPS) is 11.3. The van der Waals surface area contributed by atoms with E-state index in [1.807, 2.05) is 19.1 Å². The Morgan fingerprint density at radius 2 is 1.75 bits per heavy atom. The molecule has 0 saturated heterocycles. The molecule has 2 N–H and O–H groups in total. The van der Waals surface area contributed by atoms with Crippen molar-refractivity contribution in [1.29, 1.82) is 0 Å². The molecule has 5 heteroatoms. The lowest BCUT2D eigenvalue weighted by molar-refractivity contribution is 0.411. The van der Waals surface area contributed by atoms with Crippen LogP contribution in [0.25, 0.3) is 0 Å². The SMILES string of the molecule is COc1ccc(C)cc1CS(=O)(=O)c1ccc(N)cc1. The molecule has 0 aliphatic heterocycles. The lowest BCUT2D eigenvalue weighted by Gasteiger charge is -2.10. The van der Waals surface area contributed by atoms with Crippen molar-refractivity contribution in [3.63, 3.8) is 0 Å². The zero-order chi connectivity index (χ0) is 14.8. The fourth-order valence-corrected chi connectivity index (χ4v) is 3.34. The van der Waals surface area contributed by atoms with Gasteiger partial charge >= 0.3 is 0 Å². The molecule has 0 amide bonds. The number of anilines is 1. The Morgan fingerprint density at radius 3 is 2.35 bits per heavy atom. The molecule has 0 bridgehead atoms. The van der Waals surface area contributed by atoms with Crippen LogP contribution in [0.15, 0.2) is 47.4 Å². The quantitative estimate of drug-likeness (QED) is 0.879. The summed E-state index contributed by atoms with van der Waals surface area (Å²) in [6.45, 7) is 1.92. The highest BCUT2D eigenvalue weighted by Crippen LogP contribution is 2.25. The summed E-state index contributed by atoms with van der Waals surface area (Å²) in [5.41, 5.74) is 7.76. The largest absolute Gasteiger partial charge is 0.496 e. The molecule has 4 nitrogen and oxygen atoms in total. The monoisotopic (exact) mass is 291 g/mol. The summed E-state index contributed by atoms with van der Waals surface area (Å²) in [5, 5.41) is 0. The molecule has 0 aliphatic rings. The summed E-state index contributed by atoms with van der Waals surface area (Å²) >= 11 is 0. The fraction of sp³-hybridized carbons (Fsp3) is 0.200. The Bertz CT molecular complexity index is 706. The Hall–Kier alpha value is -2.01. The summed E-state index contributed by atoms with van der Waals surface area (Å²) in [6, 6.07) is 11.7. The first-order valence-electron chi connectivity index (χ1n) is 6.14. The predicted molar refractivity (Wildman–Crippen MR) is 79.5 cm³/mol. The molecule has 2 aromatic rings. The highest BCUT2D eigenvalue weighted by molar-refractivity contribution is 7.90. The zero-order valence-electron chi connectivity index (χ0n) is 11.5. The number of benzene rings is 2. The van der Waals surface area contributed by atoms with E-state index in [4.69, 9.17) is 10.5 Å². The average Bonchev–Trinajstić information content (AvgIpc) is 2.39. The van der Waals surface area contributed by atoms with E-state index < -0.39 is 9.84 Å². The van der Waals surface area contributed by atoms with Gasteiger partial charge in [-0.3, -0.25) is 0 Å². The number of nitrogen functional groups attached to an aromatic ring is 1. The van der Waals surface area contributed by atoms with Gasteiger partial charge in [-0.05, 0) is 37.3 Å². The van der Waals surface area contributed by atoms with Gasteiger partial charge < -0.3 is 10.5 Å². The summed E-state index contributed by atoms with van der Waals surface area (Å²) in [4.78, 5) is 0.259. The third-order valence-electron chi connectivity index (χ3n) is 3.02. The molecule has 2 aromatic carbocycles. The van der Waals surface area contributed by atoms with Crippen LogP contribution in [-0.2, 0) is 15.6 Å². The van der Waals surface area contributed by atoms with Crippen molar-refractivity contribution in [1.82, 2.24) is 0 Å². The van der Waals surface area contributed by atoms with Gasteiger partial charge in [0.05, 0.1) is 17.8 Å². The summed E-state index contributed by atoms with van der Waals surface area (Å²) in [6.07, 6.45) is 0. The molecule has 0 heterocycles. The first-order chi connectivity index (χ1) is 9.42. The van der Waals surface area contributed by atoms with Gasteiger partial charge in [0.15, 0.2) is 9.84 Å². The van der Waals surface area contributed by atoms with Gasteiger partial charge in [0.2, 0.25) is 0 Å². The first-order valence-corrected chi connectivity index (χ1v) is 7.79. The lowest BCUT2D eigenvalue weighted by Crippen LogP contribution is -2.06. The van der Waals surface area contributed by atoms with E-state index in [1.165, 1.54) is 19.2 Å². The molecular weight excluding hydrogens is 274 g/mol. The van der Waals surface area contributed by atoms with Gasteiger partial charge in [0.1, 0.15) is 5.75 Å². The number of aryl methyl sites for hydroxylation is 1. The van der Waals surface area contributed by atoms with Crippen LogP contribution in [0.4, 0.5) is 5.69 Å². The van der Waals surface area contributed by atoms with Gasteiger partial charge in [-0.2, -0.15) is 0 Å². The molecule has 0 aromatic heterocycles. The number of methoxy groups -OCH3 is 1. The minimum Gasteiger partial charge on any atom is -0.496 e. The Kier molecular flexibility index (Phi) is 3.99. The van der Waals surface area contributed by atoms with Crippen LogP contribution in [-0.4, -0.2) is 15.5 Å². The van der Waals surface area contributed by atoms with Crippen molar-refractivity contribution in [2.45, 2.75) is 17.6 Å². The second-order valence-electron chi connectivity index (χ2n) is 4.64. The van der Waals surface area contributed by atoms with Crippen LogP contribution in [0.2, 0.25) is 0 Å². The van der Waals surface area contributed by atoms with E-state index in [9.17, 15) is 8.42 Å². The van der Waals surface area contributed by atoms with Crippen LogP contribution in [0.5, 0.6) is 5.75 Å². The van der Waals surface area contributed by atoms with Crippen molar-refractivity contribution >= 4 is 15.5 Å². The number of rotatable bonds is 4. The summed E-state index contributed by atoms with van der Waals surface area (Å²) in [7, 11) is -1.88. The highest BCUT2D eigenvalue weighted by atomic mass is 32.2. The fourth-order valence-electron chi connectivity index (χ4n) is 1.98. The third kappa shape index (κ3) is 3.11. The van der Waals surface area contributed by atoms with Crippen LogP contribution < -0.4 is 10.5 Å². The third-order valence-corrected chi connectivity index (χ3v) is 4.70. The van der Waals surface area contributed by atoms with Crippen LogP contribution in [0, 0.1) is 6.92 Å². The highest BCUT2D eigenvalue weighted by Gasteiger charge is 2.17. The minimum absolute atomic E-state index is 0.0955. The minimum atomic E-state index is -3.41. The maximum absolute atomic E-state index is 12.4. The lowest BCUT2D eigenvalue weighted by atomic mass is 10.1. The van der Waals surface area contributed by atoms with Crippen LogP contribution in [0.3, 0.4) is 0 Å². The number of nitrogens with two attached hydrogens (primary N) is 1. The first kappa shape index (κ1) is 14.4. The van der Waals surface area contributed by atoms with Gasteiger partial charge in [0, 0.05) is 11.3 Å². The number of sulfone groups is 1. The van der Waals surface area contributed by atoms with E-state index >= 15 is 0 Å². The van der Waals surface area contributed by atoms with E-state index in [0.29, 0.717) is 17.0 Å². The molecule has 20 heavy (non-hydrogen) atoms. The second kappa shape index (κ2) is 5.54. The van der Waals surface area contributed by atoms with Gasteiger partial charge in [-0.15, -0.1) is 0 Å². The zero-order valence-corrected chi connectivity index (χ0v) is 12.3. The van der Waals surface area contributed by atoms with E-state index in [-0.39, 0.29) is 10.6 Å². The van der Waals surface area contributed by atoms with E-state index in [1.54, 1.807) is 18.2 Å². The molecule has 0 saturated carbocycles. The van der Waals surface area contributed by atoms with E-state index in [2.05, 4.69) is 0 Å². The Labute approximate surface area is 119 Å². The topological polar surface area (TPSA) is 69.4 Å². The predicted octanol–water partition coefficient (Wildman–Crippen LogP) is 2.56. The van der Waals surface area contributed by atoms with Crippen molar-refractivity contribution in [2.24, 2.45) is 0 Å². The number of ether oxygens (including phenoxy) is 1. The molecule has 2 rings (SSSR count). The molecule has 106 valence electrons. The van der Waals surface area contributed by atoms with Crippen molar-refractivity contribution < 1.29 is 13.2 Å². The Balaban J connectivity index is 2.37. The molecule has 0 spiro atoms. The molecule has 0 unspecified atom stereocenters. The summed E-state index contributed by atoms with van der Waals surface area (Å²) in [5.74, 6) is 0.483. The van der Waals surface area contributed by atoms with Gasteiger partial charge in [-0.25, -0.2) is 8.42 Å². The van der Waals surface area contributed by atoms with Crippen molar-refractivity contribution in [3.8, 4) is 5.75 Å². The molecule has 0 atom stereocenters. The summed E-state index contributed by atoms with van der Waals surface area (Å²) < 4.78 is 30.0. The second-order valence-corrected chi connectivity index (χ2v) is 6.63. The van der Waals surface area contributed by atoms with Crippen LogP contribution in [0.1, 0.15) is 11.1 Å². The van der Waals surface area contributed by atoms with Gasteiger partial charge in [-0.1, -0.05) is 17.7 Å². The molecule has 0 aliphatic carbocycles. The number of hydrogen-bond acceptors (Lipinski definition) is 4. The van der Waals surface area contributed by atoms with Crippen molar-refractivity contribution in [2.75, 3.05) is 12.8 Å². The molecule has 0 fully saturated rings. The number of hydrogen-bond donors (Lipinski definition) is 1.